The molecule has 1 aliphatic rings. The first-order valence-corrected chi connectivity index (χ1v) is 6.62. The van der Waals surface area contributed by atoms with Crippen LogP contribution in [0.3, 0.4) is 0 Å². The predicted octanol–water partition coefficient (Wildman–Crippen LogP) is 0.992. The van der Waals surface area contributed by atoms with Crippen LogP contribution in [-0.2, 0) is 0 Å². The summed E-state index contributed by atoms with van der Waals surface area (Å²) in [4.78, 5) is 12.9. The Morgan fingerprint density at radius 3 is 2.68 bits per heavy atom. The average molecular weight is 262 g/mol. The number of rotatable bonds is 4. The second-order valence-electron chi connectivity index (χ2n) is 5.10. The SMILES string of the molecule is CN(C)C(=O)NCCNC1CC(N)c2ccccc21. The monoisotopic (exact) mass is 262 g/mol. The summed E-state index contributed by atoms with van der Waals surface area (Å²) in [6.07, 6.45) is 0.918. The van der Waals surface area contributed by atoms with Crippen molar-refractivity contribution in [2.75, 3.05) is 27.2 Å². The average Bonchev–Trinajstić information content (AvgIpc) is 2.72. The van der Waals surface area contributed by atoms with Gasteiger partial charge in [0.05, 0.1) is 0 Å². The number of nitrogens with one attached hydrogen (secondary N) is 2. The van der Waals surface area contributed by atoms with Crippen molar-refractivity contribution in [3.8, 4) is 0 Å². The lowest BCUT2D eigenvalue weighted by Gasteiger charge is -2.16. The topological polar surface area (TPSA) is 70.4 Å². The molecule has 2 atom stereocenters. The molecule has 0 spiro atoms. The Hall–Kier alpha value is -1.59. The molecular formula is C14H22N4O. The van der Waals surface area contributed by atoms with E-state index in [0.717, 1.165) is 13.0 Å². The highest BCUT2D eigenvalue weighted by molar-refractivity contribution is 5.73. The van der Waals surface area contributed by atoms with Gasteiger partial charge in [-0.15, -0.1) is 0 Å². The quantitative estimate of drug-likeness (QED) is 0.709. The molecule has 5 heteroatoms. The van der Waals surface area contributed by atoms with E-state index in [-0.39, 0.29) is 12.1 Å². The van der Waals surface area contributed by atoms with Crippen molar-refractivity contribution in [2.24, 2.45) is 5.73 Å². The highest BCUT2D eigenvalue weighted by atomic mass is 16.2. The number of hydrogen-bond acceptors (Lipinski definition) is 3. The fourth-order valence-electron chi connectivity index (χ4n) is 2.44. The number of nitrogens with two attached hydrogens (primary N) is 1. The predicted molar refractivity (Wildman–Crippen MR) is 75.8 cm³/mol. The molecule has 0 heterocycles. The van der Waals surface area contributed by atoms with Crippen molar-refractivity contribution < 1.29 is 4.79 Å². The lowest BCUT2D eigenvalue weighted by atomic mass is 10.1. The smallest absolute Gasteiger partial charge is 0.316 e. The van der Waals surface area contributed by atoms with E-state index in [1.54, 1.807) is 14.1 Å². The van der Waals surface area contributed by atoms with E-state index in [9.17, 15) is 4.79 Å². The molecule has 19 heavy (non-hydrogen) atoms. The van der Waals surface area contributed by atoms with E-state index in [4.69, 9.17) is 5.73 Å². The molecule has 0 aromatic heterocycles. The van der Waals surface area contributed by atoms with Gasteiger partial charge in [-0.25, -0.2) is 4.79 Å². The molecule has 2 rings (SSSR count). The molecule has 2 unspecified atom stereocenters. The molecule has 0 aliphatic heterocycles. The largest absolute Gasteiger partial charge is 0.337 e. The van der Waals surface area contributed by atoms with E-state index in [2.05, 4.69) is 22.8 Å². The van der Waals surface area contributed by atoms with Crippen LogP contribution < -0.4 is 16.4 Å². The zero-order valence-corrected chi connectivity index (χ0v) is 11.5. The van der Waals surface area contributed by atoms with Crippen LogP contribution >= 0.6 is 0 Å². The maximum Gasteiger partial charge on any atom is 0.316 e. The zero-order chi connectivity index (χ0) is 13.8. The third-order valence-corrected chi connectivity index (χ3v) is 3.46. The summed E-state index contributed by atoms with van der Waals surface area (Å²) in [6.45, 7) is 1.36. The molecule has 5 nitrogen and oxygen atoms in total. The van der Waals surface area contributed by atoms with Crippen LogP contribution in [0.1, 0.15) is 29.6 Å². The third kappa shape index (κ3) is 3.24. The molecule has 0 fully saturated rings. The van der Waals surface area contributed by atoms with Crippen molar-refractivity contribution in [3.63, 3.8) is 0 Å². The van der Waals surface area contributed by atoms with Crippen molar-refractivity contribution in [1.29, 1.82) is 0 Å². The third-order valence-electron chi connectivity index (χ3n) is 3.46. The summed E-state index contributed by atoms with van der Waals surface area (Å²) < 4.78 is 0. The number of hydrogen-bond donors (Lipinski definition) is 3. The number of nitrogens with zero attached hydrogens (tertiary/aromatic N) is 1. The maximum atomic E-state index is 11.4. The number of fused-ring (bicyclic) bond motifs is 1. The standard InChI is InChI=1S/C14H22N4O/c1-18(2)14(19)17-8-7-16-13-9-12(15)10-5-3-4-6-11(10)13/h3-6,12-13,16H,7-9,15H2,1-2H3,(H,17,19). The van der Waals surface area contributed by atoms with Crippen molar-refractivity contribution >= 4 is 6.03 Å². The Morgan fingerprint density at radius 1 is 1.32 bits per heavy atom. The molecule has 1 aromatic carbocycles. The summed E-state index contributed by atoms with van der Waals surface area (Å²) in [7, 11) is 3.46. The second kappa shape index (κ2) is 6.04. The molecule has 0 saturated carbocycles. The molecule has 2 amide bonds. The molecule has 1 aliphatic carbocycles. The van der Waals surface area contributed by atoms with Gasteiger partial charge in [0.1, 0.15) is 0 Å². The van der Waals surface area contributed by atoms with Gasteiger partial charge in [-0.3, -0.25) is 0 Å². The number of carbonyl (C=O) groups is 1. The van der Waals surface area contributed by atoms with Crippen molar-refractivity contribution in [2.45, 2.75) is 18.5 Å². The molecule has 0 bridgehead atoms. The van der Waals surface area contributed by atoms with Crippen LogP contribution in [0, 0.1) is 0 Å². The molecule has 0 saturated heterocycles. The fourth-order valence-corrected chi connectivity index (χ4v) is 2.44. The van der Waals surface area contributed by atoms with Gasteiger partial charge in [0.15, 0.2) is 0 Å². The summed E-state index contributed by atoms with van der Waals surface area (Å²) >= 11 is 0. The van der Waals surface area contributed by atoms with Gasteiger partial charge in [0.25, 0.3) is 0 Å². The molecular weight excluding hydrogens is 240 g/mol. The zero-order valence-electron chi connectivity index (χ0n) is 11.5. The highest BCUT2D eigenvalue weighted by Crippen LogP contribution is 2.36. The van der Waals surface area contributed by atoms with Gasteiger partial charge in [-0.1, -0.05) is 24.3 Å². The van der Waals surface area contributed by atoms with E-state index in [1.165, 1.54) is 16.0 Å². The summed E-state index contributed by atoms with van der Waals surface area (Å²) in [6, 6.07) is 8.63. The molecule has 4 N–H and O–H groups in total. The lowest BCUT2D eigenvalue weighted by Crippen LogP contribution is -2.39. The second-order valence-corrected chi connectivity index (χ2v) is 5.10. The Kier molecular flexibility index (Phi) is 4.39. The number of carbonyl (C=O) groups excluding carboxylic acids is 1. The van der Waals surface area contributed by atoms with Crippen LogP contribution in [-0.4, -0.2) is 38.1 Å². The molecule has 0 radical (unpaired) electrons. The number of benzene rings is 1. The molecule has 104 valence electrons. The van der Waals surface area contributed by atoms with Gasteiger partial charge < -0.3 is 21.3 Å². The van der Waals surface area contributed by atoms with Crippen LogP contribution in [0.5, 0.6) is 0 Å². The van der Waals surface area contributed by atoms with Crippen LogP contribution in [0.4, 0.5) is 4.79 Å². The van der Waals surface area contributed by atoms with Gasteiger partial charge in [-0.2, -0.15) is 0 Å². The van der Waals surface area contributed by atoms with Crippen molar-refractivity contribution in [3.05, 3.63) is 35.4 Å². The Morgan fingerprint density at radius 2 is 2.00 bits per heavy atom. The first kappa shape index (κ1) is 13.8. The van der Waals surface area contributed by atoms with Crippen LogP contribution in [0.25, 0.3) is 0 Å². The lowest BCUT2D eigenvalue weighted by molar-refractivity contribution is 0.217. The first-order chi connectivity index (χ1) is 9.09. The Balaban J connectivity index is 1.81. The minimum Gasteiger partial charge on any atom is -0.337 e. The molecule has 1 aromatic rings. The summed E-state index contributed by atoms with van der Waals surface area (Å²) in [5, 5.41) is 6.28. The Bertz CT molecular complexity index is 447. The van der Waals surface area contributed by atoms with Gasteiger partial charge in [-0.05, 0) is 17.5 Å². The van der Waals surface area contributed by atoms with E-state index >= 15 is 0 Å². The first-order valence-electron chi connectivity index (χ1n) is 6.62. The Labute approximate surface area is 114 Å². The van der Waals surface area contributed by atoms with E-state index < -0.39 is 0 Å². The van der Waals surface area contributed by atoms with Crippen LogP contribution in [0.2, 0.25) is 0 Å². The van der Waals surface area contributed by atoms with Crippen LogP contribution in [0.15, 0.2) is 24.3 Å². The maximum absolute atomic E-state index is 11.4. The normalized spacial score (nSPS) is 21.0. The minimum atomic E-state index is -0.0645. The summed E-state index contributed by atoms with van der Waals surface area (Å²) in [5.41, 5.74) is 8.63. The van der Waals surface area contributed by atoms with Gasteiger partial charge >= 0.3 is 6.03 Å². The van der Waals surface area contributed by atoms with Crippen molar-refractivity contribution in [1.82, 2.24) is 15.5 Å². The highest BCUT2D eigenvalue weighted by Gasteiger charge is 2.27. The number of amides is 2. The summed E-state index contributed by atoms with van der Waals surface area (Å²) in [5.74, 6) is 0. The minimum absolute atomic E-state index is 0.0645. The van der Waals surface area contributed by atoms with E-state index in [0.29, 0.717) is 12.6 Å². The fraction of sp³-hybridized carbons (Fsp3) is 0.500. The van der Waals surface area contributed by atoms with E-state index in [1.807, 2.05) is 12.1 Å². The number of urea groups is 1. The van der Waals surface area contributed by atoms with Gasteiger partial charge in [0.2, 0.25) is 0 Å². The van der Waals surface area contributed by atoms with Gasteiger partial charge in [0, 0.05) is 39.3 Å².